The molecule has 2 saturated heterocycles. The number of likely N-dealkylation sites (tertiary alicyclic amines) is 1. The molecule has 162 valence electrons. The number of imide groups is 1. The summed E-state index contributed by atoms with van der Waals surface area (Å²) >= 11 is 0. The van der Waals surface area contributed by atoms with Crippen LogP contribution >= 0.6 is 0 Å². The third-order valence-electron chi connectivity index (χ3n) is 6.79. The Balaban J connectivity index is 1.51. The number of aromatic nitrogens is 1. The molecule has 0 aromatic carbocycles. The molecule has 1 aliphatic carbocycles. The molecule has 0 bridgehead atoms. The molecule has 30 heavy (non-hydrogen) atoms. The molecule has 7 heteroatoms. The van der Waals surface area contributed by atoms with E-state index >= 15 is 0 Å². The molecular formula is C23H32N4O3. The predicted molar refractivity (Wildman–Crippen MR) is 112 cm³/mol. The Morgan fingerprint density at radius 1 is 1.20 bits per heavy atom. The number of hydrogen-bond acceptors (Lipinski definition) is 4. The van der Waals surface area contributed by atoms with Crippen molar-refractivity contribution in [3.8, 4) is 0 Å². The minimum atomic E-state index is -0.870. The van der Waals surface area contributed by atoms with Crippen molar-refractivity contribution in [1.29, 1.82) is 0 Å². The number of nitrogens with zero attached hydrogens (tertiary/aromatic N) is 3. The number of urea groups is 1. The number of piperidine rings is 1. The van der Waals surface area contributed by atoms with Crippen molar-refractivity contribution in [3.63, 3.8) is 0 Å². The highest BCUT2D eigenvalue weighted by Crippen LogP contribution is 2.39. The third-order valence-corrected chi connectivity index (χ3v) is 6.79. The maximum atomic E-state index is 13.6. The minimum Gasteiger partial charge on any atom is -0.342 e. The maximum Gasteiger partial charge on any atom is 0.325 e. The Morgan fingerprint density at radius 3 is 2.53 bits per heavy atom. The second-order valence-electron chi connectivity index (χ2n) is 9.42. The quantitative estimate of drug-likeness (QED) is 0.698. The van der Waals surface area contributed by atoms with Crippen molar-refractivity contribution in [1.82, 2.24) is 20.1 Å². The Labute approximate surface area is 178 Å². The Bertz CT molecular complexity index is 800. The van der Waals surface area contributed by atoms with Crippen LogP contribution in [0, 0.1) is 17.8 Å². The molecular weight excluding hydrogens is 380 g/mol. The first-order chi connectivity index (χ1) is 14.4. The molecule has 1 aromatic heterocycles. The highest BCUT2D eigenvalue weighted by atomic mass is 16.2. The Kier molecular flexibility index (Phi) is 5.80. The van der Waals surface area contributed by atoms with E-state index in [0.717, 1.165) is 32.1 Å². The van der Waals surface area contributed by atoms with Crippen molar-refractivity contribution < 1.29 is 14.4 Å². The Hall–Kier alpha value is -2.44. The van der Waals surface area contributed by atoms with Crippen LogP contribution in [0.15, 0.2) is 24.4 Å². The number of nitrogens with one attached hydrogen (secondary N) is 1. The van der Waals surface area contributed by atoms with Crippen molar-refractivity contribution in [2.45, 2.75) is 64.5 Å². The van der Waals surface area contributed by atoms with Gasteiger partial charge in [0.1, 0.15) is 5.54 Å². The zero-order chi connectivity index (χ0) is 21.3. The normalized spacial score (nSPS) is 25.2. The van der Waals surface area contributed by atoms with Crippen LogP contribution in [-0.2, 0) is 16.1 Å². The van der Waals surface area contributed by atoms with Crippen LogP contribution in [-0.4, -0.2) is 51.3 Å². The summed E-state index contributed by atoms with van der Waals surface area (Å²) in [7, 11) is 0. The van der Waals surface area contributed by atoms with Gasteiger partial charge in [0.05, 0.1) is 12.2 Å². The van der Waals surface area contributed by atoms with E-state index in [0.29, 0.717) is 31.1 Å². The Morgan fingerprint density at radius 2 is 1.93 bits per heavy atom. The first kappa shape index (κ1) is 20.8. The zero-order valence-corrected chi connectivity index (χ0v) is 18.0. The SMILES string of the molecule is CC(C)CC[C@@]1(C2CCN(C(=O)C3CC3)CC2)NC(=O)N(Cc2ccccn2)C1=O. The van der Waals surface area contributed by atoms with Gasteiger partial charge in [0.2, 0.25) is 5.91 Å². The van der Waals surface area contributed by atoms with Gasteiger partial charge in [0.15, 0.2) is 0 Å². The van der Waals surface area contributed by atoms with Crippen molar-refractivity contribution in [2.75, 3.05) is 13.1 Å². The largest absolute Gasteiger partial charge is 0.342 e. The van der Waals surface area contributed by atoms with Crippen molar-refractivity contribution in [3.05, 3.63) is 30.1 Å². The average Bonchev–Trinajstić information content (AvgIpc) is 3.57. The van der Waals surface area contributed by atoms with Gasteiger partial charge in [-0.3, -0.25) is 19.5 Å². The van der Waals surface area contributed by atoms with Crippen molar-refractivity contribution in [2.24, 2.45) is 17.8 Å². The number of hydrogen-bond donors (Lipinski definition) is 1. The maximum absolute atomic E-state index is 13.6. The summed E-state index contributed by atoms with van der Waals surface area (Å²) in [5.41, 5.74) is -0.171. The van der Waals surface area contributed by atoms with Gasteiger partial charge in [-0.1, -0.05) is 19.9 Å². The molecule has 4 amide bonds. The molecule has 1 N–H and O–H groups in total. The van der Waals surface area contributed by atoms with Gasteiger partial charge in [0, 0.05) is 25.2 Å². The zero-order valence-electron chi connectivity index (χ0n) is 18.0. The number of pyridine rings is 1. The molecule has 4 rings (SSSR count). The standard InChI is InChI=1S/C23H32N4O3/c1-16(2)8-11-23(18-9-13-26(14-10-18)20(28)17-6-7-17)21(29)27(22(30)25-23)15-19-5-3-4-12-24-19/h3-5,12,16-18H,6-11,13-15H2,1-2H3,(H,25,30)/t23-/m0/s1. The fraction of sp³-hybridized carbons (Fsp3) is 0.652. The summed E-state index contributed by atoms with van der Waals surface area (Å²) in [4.78, 5) is 46.5. The second-order valence-corrected chi connectivity index (χ2v) is 9.42. The van der Waals surface area contributed by atoms with Crippen LogP contribution in [0.1, 0.15) is 58.1 Å². The lowest BCUT2D eigenvalue weighted by Crippen LogP contribution is -2.56. The van der Waals surface area contributed by atoms with E-state index in [2.05, 4.69) is 24.1 Å². The van der Waals surface area contributed by atoms with E-state index in [-0.39, 0.29) is 36.2 Å². The van der Waals surface area contributed by atoms with Crippen molar-refractivity contribution >= 4 is 17.8 Å². The van der Waals surface area contributed by atoms with E-state index < -0.39 is 5.54 Å². The first-order valence-electron chi connectivity index (χ1n) is 11.2. The van der Waals surface area contributed by atoms with E-state index in [1.165, 1.54) is 4.90 Å². The summed E-state index contributed by atoms with van der Waals surface area (Å²) in [6, 6.07) is 5.18. The molecule has 3 heterocycles. The molecule has 1 aromatic rings. The molecule has 1 atom stereocenters. The predicted octanol–water partition coefficient (Wildman–Crippen LogP) is 2.96. The van der Waals surface area contributed by atoms with Gasteiger partial charge in [-0.05, 0) is 62.5 Å². The lowest BCUT2D eigenvalue weighted by Gasteiger charge is -2.41. The number of amides is 4. The van der Waals surface area contributed by atoms with Crippen LogP contribution in [0.2, 0.25) is 0 Å². The fourth-order valence-corrected chi connectivity index (χ4v) is 4.79. The topological polar surface area (TPSA) is 82.6 Å². The number of rotatable bonds is 7. The van der Waals surface area contributed by atoms with Gasteiger partial charge < -0.3 is 10.2 Å². The van der Waals surface area contributed by atoms with Gasteiger partial charge in [-0.15, -0.1) is 0 Å². The first-order valence-corrected chi connectivity index (χ1v) is 11.2. The number of carbonyl (C=O) groups is 3. The molecule has 7 nitrogen and oxygen atoms in total. The van der Waals surface area contributed by atoms with Gasteiger partial charge in [-0.25, -0.2) is 4.79 Å². The smallest absolute Gasteiger partial charge is 0.325 e. The molecule has 3 aliphatic rings. The van der Waals surface area contributed by atoms with E-state index in [4.69, 9.17) is 0 Å². The van der Waals surface area contributed by atoms with Gasteiger partial charge in [0.25, 0.3) is 5.91 Å². The molecule has 3 fully saturated rings. The summed E-state index contributed by atoms with van der Waals surface area (Å²) in [6.45, 7) is 5.81. The van der Waals surface area contributed by atoms with Crippen LogP contribution in [0.4, 0.5) is 4.79 Å². The van der Waals surface area contributed by atoms with Crippen LogP contribution < -0.4 is 5.32 Å². The summed E-state index contributed by atoms with van der Waals surface area (Å²) in [5.74, 6) is 0.838. The molecule has 2 aliphatic heterocycles. The van der Waals surface area contributed by atoms with E-state index in [1.54, 1.807) is 6.20 Å². The monoisotopic (exact) mass is 412 g/mol. The van der Waals surface area contributed by atoms with E-state index in [1.807, 2.05) is 23.1 Å². The minimum absolute atomic E-state index is 0.0460. The highest BCUT2D eigenvalue weighted by molar-refractivity contribution is 6.07. The average molecular weight is 413 g/mol. The summed E-state index contributed by atoms with van der Waals surface area (Å²) < 4.78 is 0. The molecule has 0 unspecified atom stereocenters. The lowest BCUT2D eigenvalue weighted by molar-refractivity contribution is -0.137. The molecule has 1 saturated carbocycles. The fourth-order valence-electron chi connectivity index (χ4n) is 4.79. The van der Waals surface area contributed by atoms with Crippen LogP contribution in [0.3, 0.4) is 0 Å². The number of carbonyl (C=O) groups excluding carboxylic acids is 3. The molecule has 0 spiro atoms. The summed E-state index contributed by atoms with van der Waals surface area (Å²) in [5, 5.41) is 3.10. The van der Waals surface area contributed by atoms with E-state index in [9.17, 15) is 14.4 Å². The van der Waals surface area contributed by atoms with Gasteiger partial charge >= 0.3 is 6.03 Å². The molecule has 0 radical (unpaired) electrons. The third kappa shape index (κ3) is 4.07. The second kappa shape index (κ2) is 8.36. The van der Waals surface area contributed by atoms with Crippen LogP contribution in [0.5, 0.6) is 0 Å². The van der Waals surface area contributed by atoms with Gasteiger partial charge in [-0.2, -0.15) is 0 Å². The van der Waals surface area contributed by atoms with Crippen LogP contribution in [0.25, 0.3) is 0 Å². The lowest BCUT2D eigenvalue weighted by atomic mass is 9.73. The highest BCUT2D eigenvalue weighted by Gasteiger charge is 2.55. The summed E-state index contributed by atoms with van der Waals surface area (Å²) in [6.07, 6.45) is 6.69.